The third-order valence-corrected chi connectivity index (χ3v) is 4.45. The summed E-state index contributed by atoms with van der Waals surface area (Å²) in [5.74, 6) is -0.0456. The van der Waals surface area contributed by atoms with Crippen molar-refractivity contribution in [3.8, 4) is 0 Å². The first-order valence-corrected chi connectivity index (χ1v) is 7.38. The molecule has 0 radical (unpaired) electrons. The van der Waals surface area contributed by atoms with E-state index in [1.54, 1.807) is 0 Å². The van der Waals surface area contributed by atoms with Gasteiger partial charge in [0.15, 0.2) is 0 Å². The van der Waals surface area contributed by atoms with Crippen LogP contribution in [0.25, 0.3) is 5.70 Å². The molecule has 3 heteroatoms. The minimum absolute atomic E-state index is 0.0456. The van der Waals surface area contributed by atoms with E-state index in [9.17, 15) is 4.79 Å². The first-order valence-electron chi connectivity index (χ1n) is 7.38. The van der Waals surface area contributed by atoms with Crippen LogP contribution < -0.4 is 5.32 Å². The summed E-state index contributed by atoms with van der Waals surface area (Å²) in [6.07, 6.45) is 2.00. The second kappa shape index (κ2) is 4.41. The minimum atomic E-state index is -0.161. The number of fused-ring (bicyclic) bond motifs is 2. The highest BCUT2D eigenvalue weighted by atomic mass is 16.1. The molecule has 2 aliphatic rings. The van der Waals surface area contributed by atoms with E-state index in [4.69, 9.17) is 4.99 Å². The van der Waals surface area contributed by atoms with Crippen LogP contribution in [0.3, 0.4) is 0 Å². The zero-order valence-electron chi connectivity index (χ0n) is 12.6. The fraction of sp³-hybridized carbons (Fsp3) is 0.158. The Labute approximate surface area is 129 Å². The average Bonchev–Trinajstić information content (AvgIpc) is 2.96. The molecule has 0 aliphatic carbocycles. The number of carbonyl (C=O) groups is 1. The first-order chi connectivity index (χ1) is 10.6. The summed E-state index contributed by atoms with van der Waals surface area (Å²) in [4.78, 5) is 16.8. The van der Waals surface area contributed by atoms with Gasteiger partial charge in [-0.05, 0) is 23.8 Å². The van der Waals surface area contributed by atoms with Gasteiger partial charge in [-0.15, -0.1) is 0 Å². The highest BCUT2D eigenvalue weighted by Gasteiger charge is 2.34. The standard InChI is InChI=1S/C19H16N2O/c1-19(2)14-9-5-6-10-15(14)20-17(19)11-16-12-7-3-4-8-13(12)18(22)21-16/h3-11H,1-2H3,(H,21,22)/b16-11-. The summed E-state index contributed by atoms with van der Waals surface area (Å²) in [5.41, 5.74) is 5.55. The van der Waals surface area contributed by atoms with Crippen molar-refractivity contribution in [2.24, 2.45) is 4.99 Å². The zero-order chi connectivity index (χ0) is 15.3. The van der Waals surface area contributed by atoms with E-state index in [2.05, 4.69) is 25.2 Å². The monoisotopic (exact) mass is 288 g/mol. The predicted molar refractivity (Wildman–Crippen MR) is 88.4 cm³/mol. The maximum absolute atomic E-state index is 12.0. The SMILES string of the molecule is CC1(C)C(/C=C2\NC(=O)c3ccccc32)=Nc2ccccc21. The van der Waals surface area contributed by atoms with Gasteiger partial charge in [-0.1, -0.05) is 50.2 Å². The number of rotatable bonds is 1. The number of nitrogens with one attached hydrogen (secondary N) is 1. The molecule has 3 nitrogen and oxygen atoms in total. The Morgan fingerprint density at radius 1 is 1.00 bits per heavy atom. The third kappa shape index (κ3) is 1.75. The fourth-order valence-electron chi connectivity index (χ4n) is 3.14. The molecule has 2 aromatic carbocycles. The number of para-hydroxylation sites is 1. The van der Waals surface area contributed by atoms with E-state index in [0.717, 1.165) is 28.2 Å². The Morgan fingerprint density at radius 2 is 1.68 bits per heavy atom. The van der Waals surface area contributed by atoms with Crippen molar-refractivity contribution in [1.82, 2.24) is 5.32 Å². The molecule has 2 aromatic rings. The van der Waals surface area contributed by atoms with Gasteiger partial charge in [-0.2, -0.15) is 0 Å². The lowest BCUT2D eigenvalue weighted by Gasteiger charge is -2.20. The van der Waals surface area contributed by atoms with Crippen molar-refractivity contribution in [2.45, 2.75) is 19.3 Å². The van der Waals surface area contributed by atoms with Gasteiger partial charge in [0.25, 0.3) is 5.91 Å². The van der Waals surface area contributed by atoms with Gasteiger partial charge in [0, 0.05) is 16.5 Å². The average molecular weight is 288 g/mol. The van der Waals surface area contributed by atoms with E-state index in [1.807, 2.05) is 48.5 Å². The number of aliphatic imine (C=N–C) groups is 1. The smallest absolute Gasteiger partial charge is 0.256 e. The molecule has 0 atom stereocenters. The van der Waals surface area contributed by atoms with E-state index in [-0.39, 0.29) is 11.3 Å². The van der Waals surface area contributed by atoms with Crippen LogP contribution in [-0.2, 0) is 5.41 Å². The van der Waals surface area contributed by atoms with Crippen LogP contribution in [0, 0.1) is 0 Å². The van der Waals surface area contributed by atoms with Crippen molar-refractivity contribution in [3.63, 3.8) is 0 Å². The molecule has 0 saturated carbocycles. The molecule has 0 aromatic heterocycles. The summed E-state index contributed by atoms with van der Waals surface area (Å²) < 4.78 is 0. The molecule has 2 heterocycles. The van der Waals surface area contributed by atoms with Crippen molar-refractivity contribution in [2.75, 3.05) is 0 Å². The number of amides is 1. The summed E-state index contributed by atoms with van der Waals surface area (Å²) in [7, 11) is 0. The topological polar surface area (TPSA) is 41.5 Å². The lowest BCUT2D eigenvalue weighted by Crippen LogP contribution is -2.25. The van der Waals surface area contributed by atoms with Crippen LogP contribution in [0.1, 0.15) is 35.3 Å². The van der Waals surface area contributed by atoms with Gasteiger partial charge >= 0.3 is 0 Å². The third-order valence-electron chi connectivity index (χ3n) is 4.45. The normalized spacial score (nSPS) is 19.6. The van der Waals surface area contributed by atoms with Crippen molar-refractivity contribution >= 4 is 23.0 Å². The van der Waals surface area contributed by atoms with E-state index in [0.29, 0.717) is 0 Å². The van der Waals surface area contributed by atoms with Crippen LogP contribution in [0.5, 0.6) is 0 Å². The van der Waals surface area contributed by atoms with Crippen LogP contribution in [-0.4, -0.2) is 11.6 Å². The minimum Gasteiger partial charge on any atom is -0.321 e. The van der Waals surface area contributed by atoms with Gasteiger partial charge in [0.2, 0.25) is 0 Å². The summed E-state index contributed by atoms with van der Waals surface area (Å²) in [5, 5.41) is 2.95. The van der Waals surface area contributed by atoms with Crippen LogP contribution in [0.15, 0.2) is 59.6 Å². The number of hydrogen-bond donors (Lipinski definition) is 1. The number of benzene rings is 2. The molecule has 22 heavy (non-hydrogen) atoms. The van der Waals surface area contributed by atoms with Gasteiger partial charge in [-0.25, -0.2) is 0 Å². The Kier molecular flexibility index (Phi) is 2.61. The molecule has 1 amide bonds. The number of allylic oxidation sites excluding steroid dienone is 1. The molecule has 0 unspecified atom stereocenters. The second-order valence-corrected chi connectivity index (χ2v) is 6.20. The Balaban J connectivity index is 1.82. The Bertz CT molecular complexity index is 859. The van der Waals surface area contributed by atoms with Crippen molar-refractivity contribution < 1.29 is 4.79 Å². The molecule has 4 rings (SSSR count). The van der Waals surface area contributed by atoms with E-state index in [1.165, 1.54) is 5.56 Å². The van der Waals surface area contributed by atoms with Crippen molar-refractivity contribution in [3.05, 3.63) is 71.3 Å². The summed E-state index contributed by atoms with van der Waals surface area (Å²) in [6.45, 7) is 4.33. The molecule has 0 bridgehead atoms. The summed E-state index contributed by atoms with van der Waals surface area (Å²) in [6, 6.07) is 15.8. The molecule has 0 spiro atoms. The maximum Gasteiger partial charge on any atom is 0.256 e. The highest BCUT2D eigenvalue weighted by Crippen LogP contribution is 2.40. The Morgan fingerprint density at radius 3 is 2.45 bits per heavy atom. The predicted octanol–water partition coefficient (Wildman–Crippen LogP) is 3.83. The Hall–Kier alpha value is -2.68. The summed E-state index contributed by atoms with van der Waals surface area (Å²) >= 11 is 0. The molecular weight excluding hydrogens is 272 g/mol. The zero-order valence-corrected chi connectivity index (χ0v) is 12.6. The second-order valence-electron chi connectivity index (χ2n) is 6.20. The van der Waals surface area contributed by atoms with Gasteiger partial charge in [0.1, 0.15) is 0 Å². The molecular formula is C19H16N2O. The lowest BCUT2D eigenvalue weighted by molar-refractivity contribution is 0.0981. The number of hydrogen-bond acceptors (Lipinski definition) is 2. The van der Waals surface area contributed by atoms with Gasteiger partial charge in [0.05, 0.1) is 17.1 Å². The molecule has 108 valence electrons. The maximum atomic E-state index is 12.0. The van der Waals surface area contributed by atoms with Gasteiger partial charge < -0.3 is 5.32 Å². The first kappa shape index (κ1) is 13.0. The fourth-order valence-corrected chi connectivity index (χ4v) is 3.14. The molecule has 1 N–H and O–H groups in total. The number of carbonyl (C=O) groups excluding carboxylic acids is 1. The molecule has 0 saturated heterocycles. The lowest BCUT2D eigenvalue weighted by atomic mass is 9.81. The molecule has 2 aliphatic heterocycles. The largest absolute Gasteiger partial charge is 0.321 e. The van der Waals surface area contributed by atoms with E-state index >= 15 is 0 Å². The molecule has 0 fully saturated rings. The highest BCUT2D eigenvalue weighted by molar-refractivity contribution is 6.17. The van der Waals surface area contributed by atoms with Crippen LogP contribution >= 0.6 is 0 Å². The van der Waals surface area contributed by atoms with Crippen LogP contribution in [0.2, 0.25) is 0 Å². The van der Waals surface area contributed by atoms with Crippen LogP contribution in [0.4, 0.5) is 5.69 Å². The van der Waals surface area contributed by atoms with Gasteiger partial charge in [-0.3, -0.25) is 9.79 Å². The number of nitrogens with zero attached hydrogens (tertiary/aromatic N) is 1. The van der Waals surface area contributed by atoms with Crippen molar-refractivity contribution in [1.29, 1.82) is 0 Å². The quantitative estimate of drug-likeness (QED) is 0.851. The van der Waals surface area contributed by atoms with E-state index < -0.39 is 0 Å².